The van der Waals surface area contributed by atoms with E-state index in [4.69, 9.17) is 9.63 Å². The summed E-state index contributed by atoms with van der Waals surface area (Å²) in [5.41, 5.74) is 0.0860. The van der Waals surface area contributed by atoms with E-state index in [2.05, 4.69) is 10.1 Å². The quantitative estimate of drug-likeness (QED) is 0.936. The smallest absolute Gasteiger partial charge is 0.307 e. The molecule has 0 amide bonds. The van der Waals surface area contributed by atoms with E-state index in [1.54, 1.807) is 18.2 Å². The minimum atomic E-state index is -0.862. The van der Waals surface area contributed by atoms with Gasteiger partial charge in [0, 0.05) is 6.42 Å². The number of carboxylic acids is 1. The Hall–Kier alpha value is -2.24. The number of aromatic nitrogens is 2. The Morgan fingerprint density at radius 2 is 2.14 bits per heavy atom. The average Bonchev–Trinajstić information content (AvgIpc) is 2.78. The molecule has 0 saturated heterocycles. The molecule has 110 valence electrons. The SMILES string of the molecule is CC1(C)C(C(=O)O)C1c1nc(Cc2ccccc2F)no1. The van der Waals surface area contributed by atoms with Gasteiger partial charge in [-0.1, -0.05) is 37.2 Å². The number of hydrogen-bond donors (Lipinski definition) is 1. The molecule has 2 aromatic rings. The van der Waals surface area contributed by atoms with Crippen molar-refractivity contribution < 1.29 is 18.8 Å². The summed E-state index contributed by atoms with van der Waals surface area (Å²) in [6.07, 6.45) is 0.223. The average molecular weight is 290 g/mol. The van der Waals surface area contributed by atoms with Gasteiger partial charge in [0.2, 0.25) is 5.89 Å². The van der Waals surface area contributed by atoms with Crippen molar-refractivity contribution in [3.8, 4) is 0 Å². The van der Waals surface area contributed by atoms with Gasteiger partial charge in [0.25, 0.3) is 0 Å². The third-order valence-corrected chi connectivity index (χ3v) is 4.15. The van der Waals surface area contributed by atoms with Crippen LogP contribution in [-0.4, -0.2) is 21.2 Å². The maximum Gasteiger partial charge on any atom is 0.307 e. The van der Waals surface area contributed by atoms with Gasteiger partial charge < -0.3 is 9.63 Å². The van der Waals surface area contributed by atoms with Crippen LogP contribution in [-0.2, 0) is 11.2 Å². The molecule has 1 saturated carbocycles. The number of hydrogen-bond acceptors (Lipinski definition) is 4. The number of benzene rings is 1. The second-order valence-corrected chi connectivity index (χ2v) is 5.93. The van der Waals surface area contributed by atoms with E-state index in [-0.39, 0.29) is 18.2 Å². The molecule has 0 bridgehead atoms. The lowest BCUT2D eigenvalue weighted by Crippen LogP contribution is -2.03. The molecule has 1 aromatic heterocycles. The summed E-state index contributed by atoms with van der Waals surface area (Å²) in [5.74, 6) is -1.30. The lowest BCUT2D eigenvalue weighted by molar-refractivity contribution is -0.139. The Balaban J connectivity index is 1.79. The summed E-state index contributed by atoms with van der Waals surface area (Å²) < 4.78 is 18.7. The highest BCUT2D eigenvalue weighted by atomic mass is 19.1. The highest BCUT2D eigenvalue weighted by Gasteiger charge is 2.65. The number of carboxylic acid groups (broad SMARTS) is 1. The number of rotatable bonds is 4. The van der Waals surface area contributed by atoms with Gasteiger partial charge in [-0.2, -0.15) is 4.98 Å². The van der Waals surface area contributed by atoms with Crippen molar-refractivity contribution in [3.05, 3.63) is 47.4 Å². The largest absolute Gasteiger partial charge is 0.481 e. The molecule has 3 rings (SSSR count). The van der Waals surface area contributed by atoms with Crippen LogP contribution in [0, 0.1) is 17.2 Å². The van der Waals surface area contributed by atoms with Crippen molar-refractivity contribution >= 4 is 5.97 Å². The highest BCUT2D eigenvalue weighted by molar-refractivity contribution is 5.77. The maximum atomic E-state index is 13.6. The highest BCUT2D eigenvalue weighted by Crippen LogP contribution is 2.64. The Labute approximate surface area is 120 Å². The van der Waals surface area contributed by atoms with Crippen LogP contribution in [0.1, 0.15) is 37.0 Å². The second kappa shape index (κ2) is 4.65. The van der Waals surface area contributed by atoms with Gasteiger partial charge in [0.05, 0.1) is 11.8 Å². The number of nitrogens with zero attached hydrogens (tertiary/aromatic N) is 2. The molecule has 6 heteroatoms. The standard InChI is InChI=1S/C15H15FN2O3/c1-15(2)11(12(15)14(19)20)13-17-10(18-21-13)7-8-5-3-4-6-9(8)16/h3-6,11-12H,7H2,1-2H3,(H,19,20). The molecule has 1 heterocycles. The van der Waals surface area contributed by atoms with Crippen molar-refractivity contribution in [2.75, 3.05) is 0 Å². The van der Waals surface area contributed by atoms with Gasteiger partial charge in [0.1, 0.15) is 5.82 Å². The fourth-order valence-corrected chi connectivity index (χ4v) is 2.84. The molecule has 1 N–H and O–H groups in total. The topological polar surface area (TPSA) is 76.2 Å². The summed E-state index contributed by atoms with van der Waals surface area (Å²) in [4.78, 5) is 15.4. The molecule has 1 aliphatic carbocycles. The van der Waals surface area contributed by atoms with Crippen LogP contribution in [0.3, 0.4) is 0 Å². The van der Waals surface area contributed by atoms with Crippen molar-refractivity contribution in [1.29, 1.82) is 0 Å². The van der Waals surface area contributed by atoms with Crippen LogP contribution in [0.2, 0.25) is 0 Å². The number of aliphatic carboxylic acids is 1. The zero-order valence-corrected chi connectivity index (χ0v) is 11.7. The molecule has 2 unspecified atom stereocenters. The zero-order chi connectivity index (χ0) is 15.2. The first kappa shape index (κ1) is 13.7. The van der Waals surface area contributed by atoms with E-state index in [1.165, 1.54) is 6.07 Å². The molecule has 1 aromatic carbocycles. The predicted molar refractivity (Wildman–Crippen MR) is 71.2 cm³/mol. The number of carbonyl (C=O) groups is 1. The second-order valence-electron chi connectivity index (χ2n) is 5.93. The molecule has 21 heavy (non-hydrogen) atoms. The van der Waals surface area contributed by atoms with Crippen LogP contribution < -0.4 is 0 Å². The summed E-state index contributed by atoms with van der Waals surface area (Å²) in [7, 11) is 0. The normalized spacial score (nSPS) is 23.0. The van der Waals surface area contributed by atoms with E-state index in [9.17, 15) is 9.18 Å². The predicted octanol–water partition coefficient (Wildman–Crippen LogP) is 2.62. The van der Waals surface area contributed by atoms with Crippen LogP contribution in [0.4, 0.5) is 4.39 Å². The molecule has 0 radical (unpaired) electrons. The van der Waals surface area contributed by atoms with Gasteiger partial charge in [-0.25, -0.2) is 4.39 Å². The van der Waals surface area contributed by atoms with Crippen molar-refractivity contribution in [1.82, 2.24) is 10.1 Å². The van der Waals surface area contributed by atoms with Crippen molar-refractivity contribution in [2.45, 2.75) is 26.2 Å². The first-order valence-corrected chi connectivity index (χ1v) is 6.70. The third-order valence-electron chi connectivity index (χ3n) is 4.15. The first-order valence-electron chi connectivity index (χ1n) is 6.70. The van der Waals surface area contributed by atoms with Gasteiger partial charge in [-0.15, -0.1) is 0 Å². The lowest BCUT2D eigenvalue weighted by atomic mass is 10.1. The first-order chi connectivity index (χ1) is 9.91. The molecule has 0 spiro atoms. The Morgan fingerprint density at radius 3 is 2.76 bits per heavy atom. The van der Waals surface area contributed by atoms with Gasteiger partial charge in [-0.3, -0.25) is 4.79 Å². The van der Waals surface area contributed by atoms with Crippen molar-refractivity contribution in [3.63, 3.8) is 0 Å². The van der Waals surface area contributed by atoms with Crippen LogP contribution in [0.15, 0.2) is 28.8 Å². The minimum Gasteiger partial charge on any atom is -0.481 e. The monoisotopic (exact) mass is 290 g/mol. The molecule has 2 atom stereocenters. The van der Waals surface area contributed by atoms with Gasteiger partial charge in [-0.05, 0) is 17.0 Å². The molecular formula is C15H15FN2O3. The molecule has 5 nitrogen and oxygen atoms in total. The fraction of sp³-hybridized carbons (Fsp3) is 0.400. The summed E-state index contributed by atoms with van der Waals surface area (Å²) in [6, 6.07) is 6.39. The lowest BCUT2D eigenvalue weighted by Gasteiger charge is -1.98. The zero-order valence-electron chi connectivity index (χ0n) is 11.7. The Bertz CT molecular complexity index is 696. The molecular weight excluding hydrogens is 275 g/mol. The van der Waals surface area contributed by atoms with Crippen LogP contribution in [0.5, 0.6) is 0 Å². The van der Waals surface area contributed by atoms with E-state index in [1.807, 2.05) is 13.8 Å². The number of halogens is 1. The van der Waals surface area contributed by atoms with Gasteiger partial charge >= 0.3 is 5.97 Å². The van der Waals surface area contributed by atoms with Crippen molar-refractivity contribution in [2.24, 2.45) is 11.3 Å². The van der Waals surface area contributed by atoms with E-state index < -0.39 is 17.3 Å². The summed E-state index contributed by atoms with van der Waals surface area (Å²) in [6.45, 7) is 3.72. The fourth-order valence-electron chi connectivity index (χ4n) is 2.84. The maximum absolute atomic E-state index is 13.6. The van der Waals surface area contributed by atoms with E-state index in [0.717, 1.165) is 0 Å². The van der Waals surface area contributed by atoms with Gasteiger partial charge in [0.15, 0.2) is 5.82 Å². The van der Waals surface area contributed by atoms with Crippen LogP contribution in [0.25, 0.3) is 0 Å². The van der Waals surface area contributed by atoms with Crippen LogP contribution >= 0.6 is 0 Å². The third kappa shape index (κ3) is 2.30. The molecule has 0 aliphatic heterocycles. The molecule has 1 aliphatic rings. The Morgan fingerprint density at radius 1 is 1.43 bits per heavy atom. The molecule has 1 fully saturated rings. The van der Waals surface area contributed by atoms with E-state index >= 15 is 0 Å². The Kier molecular flexibility index (Phi) is 3.04. The van der Waals surface area contributed by atoms with E-state index in [0.29, 0.717) is 17.3 Å². The minimum absolute atomic E-state index is 0.223. The summed E-state index contributed by atoms with van der Waals surface area (Å²) >= 11 is 0. The summed E-state index contributed by atoms with van der Waals surface area (Å²) in [5, 5.41) is 13.0.